The molecule has 1 amide bonds. The van der Waals surface area contributed by atoms with Crippen molar-refractivity contribution < 1.29 is 27.5 Å². The zero-order chi connectivity index (χ0) is 30.7. The summed E-state index contributed by atoms with van der Waals surface area (Å²) in [5, 5.41) is 3.22. The summed E-state index contributed by atoms with van der Waals surface area (Å²) < 4.78 is 44.7. The van der Waals surface area contributed by atoms with Gasteiger partial charge in [0.25, 0.3) is 5.91 Å². The molecule has 2 aromatic carbocycles. The topological polar surface area (TPSA) is 89.3 Å². The number of carbonyl (C=O) groups excluding carboxylic acids is 2. The molecule has 0 unspecified atom stereocenters. The fraction of sp³-hybridized carbons (Fsp3) is 0.267. The highest BCUT2D eigenvalue weighted by Crippen LogP contribution is 2.41. The predicted octanol–water partition coefficient (Wildman–Crippen LogP) is 6.84. The number of ether oxygens (including phenoxy) is 1. The van der Waals surface area contributed by atoms with Gasteiger partial charge in [-0.05, 0) is 30.7 Å². The Morgan fingerprint density at radius 2 is 1.95 bits per heavy atom. The van der Waals surface area contributed by atoms with Crippen LogP contribution in [0.25, 0.3) is 22.4 Å². The van der Waals surface area contributed by atoms with Crippen molar-refractivity contribution in [1.82, 2.24) is 19.4 Å². The number of aromatic nitrogens is 3. The molecule has 43 heavy (non-hydrogen) atoms. The molecule has 0 fully saturated rings. The molecule has 5 rings (SSSR count). The van der Waals surface area contributed by atoms with Gasteiger partial charge in [-0.1, -0.05) is 41.4 Å². The Morgan fingerprint density at radius 3 is 2.70 bits per heavy atom. The van der Waals surface area contributed by atoms with Gasteiger partial charge in [0.05, 0.1) is 39.4 Å². The number of alkyl halides is 3. The van der Waals surface area contributed by atoms with Crippen LogP contribution >= 0.6 is 23.2 Å². The van der Waals surface area contributed by atoms with Gasteiger partial charge in [-0.25, -0.2) is 4.98 Å². The summed E-state index contributed by atoms with van der Waals surface area (Å²) in [5.41, 5.74) is 3.58. The third-order valence-corrected chi connectivity index (χ3v) is 7.99. The number of nitrogens with one attached hydrogen (secondary N) is 1. The number of carbonyl (C=O) groups is 2. The zero-order valence-corrected chi connectivity index (χ0v) is 24.4. The number of hydrogen-bond donors (Lipinski definition) is 1. The van der Waals surface area contributed by atoms with Crippen LogP contribution in [0.5, 0.6) is 5.75 Å². The molecule has 0 radical (unpaired) electrons. The summed E-state index contributed by atoms with van der Waals surface area (Å²) in [6.45, 7) is -1.57. The molecule has 0 aliphatic carbocycles. The molecule has 2 aromatic heterocycles. The Hall–Kier alpha value is -3.93. The summed E-state index contributed by atoms with van der Waals surface area (Å²) >= 11 is 13.5. The number of aldehydes is 1. The number of amides is 1. The van der Waals surface area contributed by atoms with E-state index in [9.17, 15) is 22.8 Å². The van der Waals surface area contributed by atoms with Crippen LogP contribution in [0, 0.1) is 0 Å². The van der Waals surface area contributed by atoms with E-state index in [1.54, 1.807) is 35.9 Å². The van der Waals surface area contributed by atoms with Crippen LogP contribution in [0.1, 0.15) is 38.8 Å². The Labute approximate surface area is 255 Å². The van der Waals surface area contributed by atoms with E-state index in [0.29, 0.717) is 54.6 Å². The molecule has 1 aliphatic rings. The third kappa shape index (κ3) is 6.39. The molecule has 224 valence electrons. The molecule has 4 aromatic rings. The highest BCUT2D eigenvalue weighted by molar-refractivity contribution is 6.39. The summed E-state index contributed by atoms with van der Waals surface area (Å²) in [7, 11) is 1.79. The minimum atomic E-state index is -3.13. The molecule has 13 heteroatoms. The zero-order valence-electron chi connectivity index (χ0n) is 22.9. The summed E-state index contributed by atoms with van der Waals surface area (Å²) in [5.74, 6) is -0.532. The lowest BCUT2D eigenvalue weighted by Gasteiger charge is -2.26. The quantitative estimate of drug-likeness (QED) is 0.193. The van der Waals surface area contributed by atoms with Gasteiger partial charge in [-0.15, -0.1) is 0 Å². The number of anilines is 1. The minimum absolute atomic E-state index is 0.0505. The fourth-order valence-corrected chi connectivity index (χ4v) is 5.70. The number of halogens is 5. The number of imidazole rings is 1. The molecule has 0 saturated carbocycles. The van der Waals surface area contributed by atoms with E-state index in [2.05, 4.69) is 24.9 Å². The van der Waals surface area contributed by atoms with E-state index >= 15 is 0 Å². The van der Waals surface area contributed by atoms with Gasteiger partial charge in [-0.3, -0.25) is 23.9 Å². The Kier molecular flexibility index (Phi) is 9.34. The largest absolute Gasteiger partial charge is 0.434 e. The van der Waals surface area contributed by atoms with Crippen molar-refractivity contribution in [2.24, 2.45) is 7.05 Å². The second kappa shape index (κ2) is 13.2. The van der Waals surface area contributed by atoms with Crippen molar-refractivity contribution in [3.05, 3.63) is 81.5 Å². The van der Waals surface area contributed by atoms with E-state index in [1.165, 1.54) is 24.4 Å². The third-order valence-electron chi connectivity index (χ3n) is 7.20. The van der Waals surface area contributed by atoms with Crippen molar-refractivity contribution in [3.8, 4) is 28.1 Å². The second-order valence-corrected chi connectivity index (χ2v) is 10.6. The first kappa shape index (κ1) is 30.5. The average Bonchev–Trinajstić information content (AvgIpc) is 3.32. The molecule has 1 N–H and O–H groups in total. The lowest BCUT2D eigenvalue weighted by atomic mass is 10.0. The predicted molar refractivity (Wildman–Crippen MR) is 158 cm³/mol. The van der Waals surface area contributed by atoms with Gasteiger partial charge in [0.1, 0.15) is 5.75 Å². The van der Waals surface area contributed by atoms with Crippen LogP contribution < -0.4 is 10.1 Å². The maximum atomic E-state index is 13.3. The van der Waals surface area contributed by atoms with Crippen molar-refractivity contribution in [3.63, 3.8) is 0 Å². The van der Waals surface area contributed by atoms with Crippen LogP contribution in [-0.4, -0.2) is 58.0 Å². The monoisotopic (exact) mass is 631 g/mol. The van der Waals surface area contributed by atoms with Crippen LogP contribution in [0.3, 0.4) is 0 Å². The standard InChI is InChI=1S/C30H26Cl2F3N5O3/c1-39-23-9-13-40(12-3-10-33)15-22(23)37-28(39)29(42)38-21-5-2-4-19(25(21)31)20-8-11-36-27(26(20)32)17-6-7-18(16-41)24(14-17)43-30(34)35/h2,4-8,11,14,16,30H,3,9-10,12-13,15H2,1H3,(H,38,42). The first-order chi connectivity index (χ1) is 20.7. The lowest BCUT2D eigenvalue weighted by Crippen LogP contribution is -2.32. The maximum absolute atomic E-state index is 13.3. The van der Waals surface area contributed by atoms with Crippen LogP contribution in [0.4, 0.5) is 18.9 Å². The van der Waals surface area contributed by atoms with Crippen molar-refractivity contribution >= 4 is 41.1 Å². The normalized spacial score (nSPS) is 13.2. The second-order valence-electron chi connectivity index (χ2n) is 9.85. The van der Waals surface area contributed by atoms with E-state index in [4.69, 9.17) is 23.2 Å². The van der Waals surface area contributed by atoms with E-state index in [0.717, 1.165) is 17.9 Å². The van der Waals surface area contributed by atoms with E-state index in [-0.39, 0.29) is 39.6 Å². The molecule has 0 spiro atoms. The van der Waals surface area contributed by atoms with Gasteiger partial charge in [0, 0.05) is 61.7 Å². The van der Waals surface area contributed by atoms with Gasteiger partial charge >= 0.3 is 6.61 Å². The Bertz CT molecular complexity index is 1680. The molecule has 0 atom stereocenters. The average molecular weight is 632 g/mol. The van der Waals surface area contributed by atoms with Gasteiger partial charge in [0.15, 0.2) is 12.1 Å². The summed E-state index contributed by atoms with van der Waals surface area (Å²) in [6, 6.07) is 10.8. The first-order valence-electron chi connectivity index (χ1n) is 13.3. The number of rotatable bonds is 10. The smallest absolute Gasteiger partial charge is 0.387 e. The number of nitrogens with zero attached hydrogens (tertiary/aromatic N) is 4. The Balaban J connectivity index is 1.42. The summed E-state index contributed by atoms with van der Waals surface area (Å²) in [4.78, 5) is 35.6. The molecule has 8 nitrogen and oxygen atoms in total. The number of fused-ring (bicyclic) bond motifs is 1. The van der Waals surface area contributed by atoms with Crippen molar-refractivity contribution in [1.29, 1.82) is 0 Å². The Morgan fingerprint density at radius 1 is 1.16 bits per heavy atom. The number of hydrogen-bond acceptors (Lipinski definition) is 6. The van der Waals surface area contributed by atoms with E-state index in [1.807, 2.05) is 0 Å². The molecule has 0 saturated heterocycles. The summed E-state index contributed by atoms with van der Waals surface area (Å²) in [6.07, 6.45) is 3.05. The van der Waals surface area contributed by atoms with Gasteiger partial charge in [0.2, 0.25) is 0 Å². The molecular formula is C30H26Cl2F3N5O3. The fourth-order valence-electron chi connectivity index (χ4n) is 5.10. The molecular weight excluding hydrogens is 606 g/mol. The lowest BCUT2D eigenvalue weighted by molar-refractivity contribution is -0.0500. The van der Waals surface area contributed by atoms with Crippen LogP contribution in [0.15, 0.2) is 48.7 Å². The van der Waals surface area contributed by atoms with Crippen molar-refractivity contribution in [2.75, 3.05) is 25.1 Å². The molecule has 3 heterocycles. The van der Waals surface area contributed by atoms with Crippen LogP contribution in [0.2, 0.25) is 10.0 Å². The number of pyridine rings is 1. The maximum Gasteiger partial charge on any atom is 0.387 e. The SMILES string of the molecule is Cn1c(C(=O)Nc2cccc(-c3ccnc(-c4ccc(C=O)c(OC(F)F)c4)c3Cl)c2Cl)nc2c1CCN(CCCF)C2. The minimum Gasteiger partial charge on any atom is -0.434 e. The highest BCUT2D eigenvalue weighted by atomic mass is 35.5. The molecule has 0 bridgehead atoms. The van der Waals surface area contributed by atoms with Crippen LogP contribution in [-0.2, 0) is 20.0 Å². The first-order valence-corrected chi connectivity index (χ1v) is 14.1. The van der Waals surface area contributed by atoms with Gasteiger partial charge < -0.3 is 14.6 Å². The highest BCUT2D eigenvalue weighted by Gasteiger charge is 2.26. The van der Waals surface area contributed by atoms with Gasteiger partial charge in [-0.2, -0.15) is 8.78 Å². The van der Waals surface area contributed by atoms with Crippen molar-refractivity contribution in [2.45, 2.75) is 26.0 Å². The number of benzene rings is 2. The molecule has 1 aliphatic heterocycles. The van der Waals surface area contributed by atoms with E-state index < -0.39 is 12.5 Å².